The van der Waals surface area contributed by atoms with E-state index in [1.54, 1.807) is 36.4 Å². The molecule has 1 aromatic heterocycles. The second-order valence-corrected chi connectivity index (χ2v) is 7.15. The fourth-order valence-corrected chi connectivity index (χ4v) is 3.20. The Morgan fingerprint density at radius 1 is 1.33 bits per heavy atom. The predicted molar refractivity (Wildman–Crippen MR) is 106 cm³/mol. The Kier molecular flexibility index (Phi) is 5.22. The van der Waals surface area contributed by atoms with Gasteiger partial charge in [-0.3, -0.25) is 14.6 Å². The first-order valence-electron chi connectivity index (χ1n) is 7.83. The summed E-state index contributed by atoms with van der Waals surface area (Å²) in [5, 5.41) is 0. The highest BCUT2D eigenvalue weighted by atomic mass is 127. The minimum absolute atomic E-state index is 0.0195. The first-order chi connectivity index (χ1) is 12.8. The summed E-state index contributed by atoms with van der Waals surface area (Å²) in [6, 6.07) is 6.52. The summed E-state index contributed by atoms with van der Waals surface area (Å²) in [4.78, 5) is 27.5. The van der Waals surface area contributed by atoms with E-state index >= 15 is 0 Å². The Labute approximate surface area is 167 Å². The molecule has 1 amide bonds. The average molecular weight is 482 g/mol. The molecule has 0 spiro atoms. The van der Waals surface area contributed by atoms with Gasteiger partial charge in [0.25, 0.3) is 11.5 Å². The van der Waals surface area contributed by atoms with Gasteiger partial charge in [-0.2, -0.15) is 0 Å². The Morgan fingerprint density at radius 2 is 2.07 bits per heavy atom. The maximum atomic E-state index is 14.6. The molecule has 0 radical (unpaired) electrons. The molecule has 140 valence electrons. The maximum absolute atomic E-state index is 14.6. The third-order valence-electron chi connectivity index (χ3n) is 4.05. The van der Waals surface area contributed by atoms with Gasteiger partial charge in [0.15, 0.2) is 5.76 Å². The van der Waals surface area contributed by atoms with Crippen LogP contribution in [0.15, 0.2) is 58.9 Å². The van der Waals surface area contributed by atoms with Crippen molar-refractivity contribution in [2.45, 2.75) is 6.04 Å². The minimum Gasteiger partial charge on any atom is -0.440 e. The molecule has 0 saturated heterocycles. The summed E-state index contributed by atoms with van der Waals surface area (Å²) < 4.78 is 21.2. The smallest absolute Gasteiger partial charge is 0.254 e. The van der Waals surface area contributed by atoms with Gasteiger partial charge >= 0.3 is 0 Å². The van der Waals surface area contributed by atoms with Crippen molar-refractivity contribution in [3.63, 3.8) is 0 Å². The molecule has 27 heavy (non-hydrogen) atoms. The van der Waals surface area contributed by atoms with Crippen molar-refractivity contribution in [1.29, 1.82) is 0 Å². The van der Waals surface area contributed by atoms with Crippen molar-refractivity contribution in [1.82, 2.24) is 9.88 Å². The number of allylic oxidation sites excluding steroid dienone is 1. The number of rotatable bonds is 4. The van der Waals surface area contributed by atoms with E-state index in [1.807, 2.05) is 22.6 Å². The summed E-state index contributed by atoms with van der Waals surface area (Å²) in [7, 11) is 1.73. The van der Waals surface area contributed by atoms with E-state index in [4.69, 9.17) is 16.2 Å². The van der Waals surface area contributed by atoms with Gasteiger partial charge in [-0.25, -0.2) is 4.39 Å². The fourth-order valence-electron chi connectivity index (χ4n) is 2.75. The monoisotopic (exact) mass is 482 g/mol. The molecule has 7 nitrogen and oxygen atoms in total. The van der Waals surface area contributed by atoms with Crippen LogP contribution >= 0.6 is 22.6 Å². The van der Waals surface area contributed by atoms with Crippen LogP contribution in [0.2, 0.25) is 0 Å². The first kappa shape index (κ1) is 19.0. The molecule has 2 heterocycles. The number of ether oxygens (including phenoxy) is 1. The van der Waals surface area contributed by atoms with E-state index in [9.17, 15) is 14.0 Å². The number of hydrogen-bond donors (Lipinski definition) is 3. The summed E-state index contributed by atoms with van der Waals surface area (Å²) >= 11 is 2.01. The molecule has 0 aliphatic carbocycles. The highest BCUT2D eigenvalue weighted by Crippen LogP contribution is 2.35. The standard InChI is InChI=1S/C18H16FIN4O3/c1-24-7-6-13(21)16(15(24)10-3-2-9(20)8-12(10)19)27-18-11(17(22)26)4-5-14(25)23-18/h2-8,15H,21H2,1H3,(H2,22,26)(H,23,25). The van der Waals surface area contributed by atoms with Crippen LogP contribution in [0.5, 0.6) is 5.88 Å². The second kappa shape index (κ2) is 7.43. The van der Waals surface area contributed by atoms with Gasteiger partial charge in [0.2, 0.25) is 5.88 Å². The lowest BCUT2D eigenvalue weighted by Gasteiger charge is -2.33. The molecule has 0 bridgehead atoms. The van der Waals surface area contributed by atoms with E-state index in [-0.39, 0.29) is 22.9 Å². The number of primary amides is 1. The number of halogens is 2. The first-order valence-corrected chi connectivity index (χ1v) is 8.91. The fraction of sp³-hybridized carbons (Fsp3) is 0.111. The van der Waals surface area contributed by atoms with Crippen LogP contribution in [0.3, 0.4) is 0 Å². The number of nitrogens with zero attached hydrogens (tertiary/aromatic N) is 1. The molecule has 1 unspecified atom stereocenters. The lowest BCUT2D eigenvalue weighted by Crippen LogP contribution is -2.31. The van der Waals surface area contributed by atoms with Gasteiger partial charge in [-0.05, 0) is 46.9 Å². The van der Waals surface area contributed by atoms with Crippen LogP contribution in [0, 0.1) is 9.39 Å². The molecule has 0 fully saturated rings. The zero-order valence-corrected chi connectivity index (χ0v) is 16.4. The largest absolute Gasteiger partial charge is 0.440 e. The van der Waals surface area contributed by atoms with Crippen molar-refractivity contribution in [3.05, 3.63) is 84.9 Å². The van der Waals surface area contributed by atoms with Crippen LogP contribution in [0.4, 0.5) is 4.39 Å². The van der Waals surface area contributed by atoms with Gasteiger partial charge in [0.1, 0.15) is 11.9 Å². The number of nitrogens with one attached hydrogen (secondary N) is 1. The zero-order valence-electron chi connectivity index (χ0n) is 14.2. The van der Waals surface area contributed by atoms with Crippen molar-refractivity contribution < 1.29 is 13.9 Å². The number of carbonyl (C=O) groups excluding carboxylic acids is 1. The van der Waals surface area contributed by atoms with Crippen LogP contribution in [-0.2, 0) is 0 Å². The van der Waals surface area contributed by atoms with Crippen molar-refractivity contribution in [3.8, 4) is 5.88 Å². The molecule has 0 saturated carbocycles. The summed E-state index contributed by atoms with van der Waals surface area (Å²) in [6.45, 7) is 0. The van der Waals surface area contributed by atoms with E-state index in [2.05, 4.69) is 4.98 Å². The van der Waals surface area contributed by atoms with E-state index in [1.165, 1.54) is 12.1 Å². The number of aromatic amines is 1. The Morgan fingerprint density at radius 3 is 2.74 bits per heavy atom. The third kappa shape index (κ3) is 3.82. The number of amides is 1. The predicted octanol–water partition coefficient (Wildman–Crippen LogP) is 1.97. The SMILES string of the molecule is CN1C=CC(N)=C(Oc2[nH]c(=O)ccc2C(N)=O)C1c1ccc(I)cc1F. The van der Waals surface area contributed by atoms with Crippen LogP contribution in [-0.4, -0.2) is 22.8 Å². The minimum atomic E-state index is -0.780. The van der Waals surface area contributed by atoms with Gasteiger partial charge in [0.05, 0.1) is 11.3 Å². The van der Waals surface area contributed by atoms with Crippen LogP contribution in [0.1, 0.15) is 22.0 Å². The Balaban J connectivity index is 2.11. The van der Waals surface area contributed by atoms with Gasteiger partial charge in [-0.1, -0.05) is 6.07 Å². The number of nitrogens with two attached hydrogens (primary N) is 2. The van der Waals surface area contributed by atoms with Crippen molar-refractivity contribution >= 4 is 28.5 Å². The summed E-state index contributed by atoms with van der Waals surface area (Å²) in [5.74, 6) is -1.19. The highest BCUT2D eigenvalue weighted by molar-refractivity contribution is 14.1. The number of likely N-dealkylation sites (N-methyl/N-ethyl adjacent to an activating group) is 1. The maximum Gasteiger partial charge on any atom is 0.254 e. The lowest BCUT2D eigenvalue weighted by atomic mass is 10.00. The average Bonchev–Trinajstić information content (AvgIpc) is 2.59. The lowest BCUT2D eigenvalue weighted by molar-refractivity contribution is 0.0996. The Bertz CT molecular complexity index is 1030. The number of H-pyrrole nitrogens is 1. The molecule has 3 rings (SSSR count). The quantitative estimate of drug-likeness (QED) is 0.577. The molecule has 2 aromatic rings. The van der Waals surface area contributed by atoms with Crippen LogP contribution in [0.25, 0.3) is 0 Å². The zero-order chi connectivity index (χ0) is 19.7. The number of hydrogen-bond acceptors (Lipinski definition) is 5. The number of aromatic nitrogens is 1. The van der Waals surface area contributed by atoms with Gasteiger partial charge in [-0.15, -0.1) is 0 Å². The van der Waals surface area contributed by atoms with Gasteiger partial charge in [0, 0.05) is 28.4 Å². The van der Waals surface area contributed by atoms with E-state index in [0.717, 1.165) is 9.64 Å². The number of pyridine rings is 1. The van der Waals surface area contributed by atoms with Crippen LogP contribution < -0.4 is 21.8 Å². The summed E-state index contributed by atoms with van der Waals surface area (Å²) in [5.41, 5.74) is 11.5. The second-order valence-electron chi connectivity index (χ2n) is 5.90. The van der Waals surface area contributed by atoms with E-state index < -0.39 is 23.3 Å². The highest BCUT2D eigenvalue weighted by Gasteiger charge is 2.30. The van der Waals surface area contributed by atoms with Gasteiger partial charge < -0.3 is 21.1 Å². The van der Waals surface area contributed by atoms with Crippen molar-refractivity contribution in [2.75, 3.05) is 7.05 Å². The van der Waals surface area contributed by atoms with Crippen molar-refractivity contribution in [2.24, 2.45) is 11.5 Å². The molecular formula is C18H16FIN4O3. The topological polar surface area (TPSA) is 114 Å². The summed E-state index contributed by atoms with van der Waals surface area (Å²) in [6.07, 6.45) is 3.27. The molecule has 1 aliphatic rings. The molecular weight excluding hydrogens is 466 g/mol. The number of benzene rings is 1. The molecule has 1 aliphatic heterocycles. The molecule has 5 N–H and O–H groups in total. The molecule has 1 aromatic carbocycles. The Hall–Kier alpha value is -2.82. The molecule has 9 heteroatoms. The third-order valence-corrected chi connectivity index (χ3v) is 4.72. The van der Waals surface area contributed by atoms with E-state index in [0.29, 0.717) is 5.56 Å². The number of carbonyl (C=O) groups is 1. The molecule has 1 atom stereocenters. The normalized spacial score (nSPS) is 16.6.